The van der Waals surface area contributed by atoms with Gasteiger partial charge in [-0.05, 0) is 11.6 Å². The lowest BCUT2D eigenvalue weighted by Crippen LogP contribution is -2.12. The van der Waals surface area contributed by atoms with E-state index in [1.807, 2.05) is 12.1 Å². The minimum absolute atomic E-state index is 0.275. The minimum Gasteiger partial charge on any atom is -0.369 e. The van der Waals surface area contributed by atoms with Crippen molar-refractivity contribution in [2.75, 3.05) is 5.32 Å². The summed E-state index contributed by atoms with van der Waals surface area (Å²) in [4.78, 5) is 0.275. The number of rotatable bonds is 0. The molecule has 11 heavy (non-hydrogen) atoms. The average Bonchev–Trinajstić information content (AvgIpc) is 2.04. The van der Waals surface area contributed by atoms with Gasteiger partial charge in [-0.25, -0.2) is 0 Å². The van der Waals surface area contributed by atoms with Crippen molar-refractivity contribution in [1.82, 2.24) is 0 Å². The number of halogens is 1. The van der Waals surface area contributed by atoms with Gasteiger partial charge >= 0.3 is 0 Å². The normalized spacial score (nSPS) is 20.6. The van der Waals surface area contributed by atoms with Crippen LogP contribution in [0.25, 0.3) is 6.08 Å². The summed E-state index contributed by atoms with van der Waals surface area (Å²) in [6, 6.07) is 8.24. The molecule has 0 saturated carbocycles. The summed E-state index contributed by atoms with van der Waals surface area (Å²) >= 11 is 3.46. The maximum Gasteiger partial charge on any atom is 0.101 e. The summed E-state index contributed by atoms with van der Waals surface area (Å²) in [5.74, 6) is 0. The van der Waals surface area contributed by atoms with Crippen molar-refractivity contribution in [2.45, 2.75) is 4.95 Å². The molecule has 2 rings (SSSR count). The van der Waals surface area contributed by atoms with Crippen molar-refractivity contribution in [1.29, 1.82) is 0 Å². The Labute approximate surface area is 74.2 Å². The van der Waals surface area contributed by atoms with Crippen molar-refractivity contribution in [3.8, 4) is 0 Å². The molecule has 1 atom stereocenters. The molecule has 1 aromatic rings. The van der Waals surface area contributed by atoms with E-state index in [-0.39, 0.29) is 4.95 Å². The summed E-state index contributed by atoms with van der Waals surface area (Å²) in [6.45, 7) is 0. The lowest BCUT2D eigenvalue weighted by Gasteiger charge is -2.16. The van der Waals surface area contributed by atoms with E-state index in [0.29, 0.717) is 0 Å². The molecule has 0 spiro atoms. The van der Waals surface area contributed by atoms with E-state index in [1.165, 1.54) is 11.3 Å². The number of fused-ring (bicyclic) bond motifs is 1. The van der Waals surface area contributed by atoms with Gasteiger partial charge in [0.05, 0.1) is 0 Å². The van der Waals surface area contributed by atoms with Crippen molar-refractivity contribution >= 4 is 27.7 Å². The minimum atomic E-state index is 0.275. The van der Waals surface area contributed by atoms with Gasteiger partial charge in [-0.15, -0.1) is 0 Å². The van der Waals surface area contributed by atoms with Gasteiger partial charge in [-0.1, -0.05) is 46.3 Å². The summed E-state index contributed by atoms with van der Waals surface area (Å²) in [7, 11) is 0. The molecule has 2 heteroatoms. The van der Waals surface area contributed by atoms with Crippen LogP contribution in [-0.2, 0) is 0 Å². The van der Waals surface area contributed by atoms with Crippen molar-refractivity contribution in [3.63, 3.8) is 0 Å². The fourth-order valence-corrected chi connectivity index (χ4v) is 1.56. The van der Waals surface area contributed by atoms with Crippen LogP contribution >= 0.6 is 15.9 Å². The Kier molecular flexibility index (Phi) is 1.70. The second-order valence-electron chi connectivity index (χ2n) is 2.49. The van der Waals surface area contributed by atoms with Crippen LogP contribution in [0, 0.1) is 0 Å². The van der Waals surface area contributed by atoms with E-state index in [1.54, 1.807) is 0 Å². The predicted molar refractivity (Wildman–Crippen MR) is 51.8 cm³/mol. The molecule has 56 valence electrons. The van der Waals surface area contributed by atoms with Gasteiger partial charge in [-0.2, -0.15) is 0 Å². The third-order valence-electron chi connectivity index (χ3n) is 1.70. The number of hydrogen-bond donors (Lipinski definition) is 1. The summed E-state index contributed by atoms with van der Waals surface area (Å²) < 4.78 is 0. The molecule has 1 aliphatic heterocycles. The Balaban J connectivity index is 2.46. The molecule has 0 aliphatic carbocycles. The van der Waals surface area contributed by atoms with Crippen LogP contribution in [0.4, 0.5) is 5.69 Å². The Bertz CT molecular complexity index is 293. The first-order valence-corrected chi connectivity index (χ1v) is 4.46. The van der Waals surface area contributed by atoms with Crippen LogP contribution in [0.15, 0.2) is 30.3 Å². The van der Waals surface area contributed by atoms with Gasteiger partial charge in [0, 0.05) is 5.69 Å². The number of alkyl halides is 1. The highest BCUT2D eigenvalue weighted by molar-refractivity contribution is 9.09. The van der Waals surface area contributed by atoms with Crippen molar-refractivity contribution in [3.05, 3.63) is 35.9 Å². The Hall–Kier alpha value is -0.760. The molecule has 0 amide bonds. The van der Waals surface area contributed by atoms with Crippen LogP contribution in [0.2, 0.25) is 0 Å². The number of para-hydroxylation sites is 1. The lowest BCUT2D eigenvalue weighted by atomic mass is 10.1. The quantitative estimate of drug-likeness (QED) is 0.512. The summed E-state index contributed by atoms with van der Waals surface area (Å²) in [5, 5.41) is 3.29. The molecule has 1 unspecified atom stereocenters. The molecule has 1 aromatic carbocycles. The molecule has 0 bridgehead atoms. The number of nitrogens with one attached hydrogen (secondary N) is 1. The zero-order valence-corrected chi connectivity index (χ0v) is 7.51. The van der Waals surface area contributed by atoms with E-state index in [0.717, 1.165) is 0 Å². The summed E-state index contributed by atoms with van der Waals surface area (Å²) in [5.41, 5.74) is 2.44. The number of anilines is 1. The van der Waals surface area contributed by atoms with Crippen LogP contribution in [0.1, 0.15) is 5.56 Å². The number of benzene rings is 1. The van der Waals surface area contributed by atoms with E-state index >= 15 is 0 Å². The highest BCUT2D eigenvalue weighted by Crippen LogP contribution is 2.23. The highest BCUT2D eigenvalue weighted by Gasteiger charge is 2.06. The van der Waals surface area contributed by atoms with E-state index < -0.39 is 0 Å². The summed E-state index contributed by atoms with van der Waals surface area (Å²) in [6.07, 6.45) is 4.20. The third-order valence-corrected chi connectivity index (χ3v) is 2.23. The molecule has 0 radical (unpaired) electrons. The van der Waals surface area contributed by atoms with Crippen molar-refractivity contribution in [2.24, 2.45) is 0 Å². The standard InChI is InChI=1S/C9H8BrN/c10-9-6-5-7-3-1-2-4-8(7)11-9/h1-6,9,11H. The van der Waals surface area contributed by atoms with Crippen LogP contribution in [0.3, 0.4) is 0 Å². The van der Waals surface area contributed by atoms with Gasteiger partial charge in [0.15, 0.2) is 0 Å². The molecule has 0 saturated heterocycles. The van der Waals surface area contributed by atoms with Crippen LogP contribution in [0.5, 0.6) is 0 Å². The van der Waals surface area contributed by atoms with E-state index in [4.69, 9.17) is 0 Å². The second-order valence-corrected chi connectivity index (χ2v) is 3.48. The molecule has 1 nitrogen and oxygen atoms in total. The smallest absolute Gasteiger partial charge is 0.101 e. The molecule has 1 aliphatic rings. The zero-order valence-electron chi connectivity index (χ0n) is 5.92. The van der Waals surface area contributed by atoms with E-state index in [9.17, 15) is 0 Å². The van der Waals surface area contributed by atoms with Gasteiger partial charge in [0.25, 0.3) is 0 Å². The van der Waals surface area contributed by atoms with Crippen molar-refractivity contribution < 1.29 is 0 Å². The van der Waals surface area contributed by atoms with Crippen LogP contribution < -0.4 is 5.32 Å². The Morgan fingerprint density at radius 2 is 2.09 bits per heavy atom. The predicted octanol–water partition coefficient (Wildman–Crippen LogP) is 2.85. The van der Waals surface area contributed by atoms with Gasteiger partial charge < -0.3 is 5.32 Å². The second kappa shape index (κ2) is 2.70. The fourth-order valence-electron chi connectivity index (χ4n) is 1.16. The van der Waals surface area contributed by atoms with Gasteiger partial charge in [0.2, 0.25) is 0 Å². The first kappa shape index (κ1) is 6.92. The maximum atomic E-state index is 3.46. The third kappa shape index (κ3) is 1.31. The molecular formula is C9H8BrN. The monoisotopic (exact) mass is 209 g/mol. The fraction of sp³-hybridized carbons (Fsp3) is 0.111. The Morgan fingerprint density at radius 1 is 1.27 bits per heavy atom. The molecule has 1 N–H and O–H groups in total. The average molecular weight is 210 g/mol. The van der Waals surface area contributed by atoms with E-state index in [2.05, 4.69) is 45.5 Å². The SMILES string of the molecule is BrC1C=Cc2ccccc2N1. The largest absolute Gasteiger partial charge is 0.369 e. The first-order valence-electron chi connectivity index (χ1n) is 3.54. The Morgan fingerprint density at radius 3 is 3.00 bits per heavy atom. The topological polar surface area (TPSA) is 12.0 Å². The number of hydrogen-bond acceptors (Lipinski definition) is 1. The maximum absolute atomic E-state index is 3.46. The van der Waals surface area contributed by atoms with Crippen LogP contribution in [-0.4, -0.2) is 4.95 Å². The zero-order chi connectivity index (χ0) is 7.68. The highest BCUT2D eigenvalue weighted by atomic mass is 79.9. The van der Waals surface area contributed by atoms with Gasteiger partial charge in [0.1, 0.15) is 4.95 Å². The first-order chi connectivity index (χ1) is 5.36. The van der Waals surface area contributed by atoms with Gasteiger partial charge in [-0.3, -0.25) is 0 Å². The molecule has 1 heterocycles. The molecular weight excluding hydrogens is 202 g/mol. The molecule has 0 aromatic heterocycles. The lowest BCUT2D eigenvalue weighted by molar-refractivity contribution is 1.25. The molecule has 0 fully saturated rings.